The molecule has 4 heteroatoms. The van der Waals surface area contributed by atoms with E-state index in [0.29, 0.717) is 0 Å². The molecule has 1 aromatic heterocycles. The summed E-state index contributed by atoms with van der Waals surface area (Å²) in [5.41, 5.74) is -0.0694. The Kier molecular flexibility index (Phi) is 1.71. The van der Waals surface area contributed by atoms with Gasteiger partial charge >= 0.3 is 0 Å². The summed E-state index contributed by atoms with van der Waals surface area (Å²) in [5.74, 6) is 0. The molecule has 54 valence electrons. The van der Waals surface area contributed by atoms with Crippen LogP contribution in [0.5, 0.6) is 0 Å². The second-order valence-electron chi connectivity index (χ2n) is 2.11. The second kappa shape index (κ2) is 2.51. The lowest BCUT2D eigenvalue weighted by Crippen LogP contribution is -2.35. The van der Waals surface area contributed by atoms with Gasteiger partial charge in [0.25, 0.3) is 5.56 Å². The van der Waals surface area contributed by atoms with E-state index < -0.39 is 0 Å². The second-order valence-corrected chi connectivity index (χ2v) is 2.11. The minimum Gasteiger partial charge on any atom is -0.315 e. The van der Waals surface area contributed by atoms with E-state index in [1.165, 1.54) is 23.3 Å². The Bertz CT molecular complexity index is 266. The van der Waals surface area contributed by atoms with Crippen LogP contribution in [0.2, 0.25) is 0 Å². The summed E-state index contributed by atoms with van der Waals surface area (Å²) >= 11 is 0. The van der Waals surface area contributed by atoms with Crippen LogP contribution >= 0.6 is 0 Å². The third-order valence-electron chi connectivity index (χ3n) is 1.14. The molecule has 0 spiro atoms. The van der Waals surface area contributed by atoms with E-state index in [4.69, 9.17) is 0 Å². The van der Waals surface area contributed by atoms with Gasteiger partial charge in [-0.1, -0.05) is 0 Å². The molecule has 1 rings (SSSR count). The smallest absolute Gasteiger partial charge is 0.271 e. The molecule has 0 atom stereocenters. The number of hydrogen-bond donors (Lipinski definition) is 0. The van der Waals surface area contributed by atoms with Crippen LogP contribution in [0.1, 0.15) is 0 Å². The van der Waals surface area contributed by atoms with Gasteiger partial charge in [0.05, 0.1) is 0 Å². The van der Waals surface area contributed by atoms with Gasteiger partial charge in [-0.2, -0.15) is 0 Å². The van der Waals surface area contributed by atoms with E-state index >= 15 is 0 Å². The Morgan fingerprint density at radius 1 is 1.60 bits per heavy atom. The van der Waals surface area contributed by atoms with Gasteiger partial charge in [-0.15, -0.1) is 0 Å². The molecular formula is C6H9N3O. The van der Waals surface area contributed by atoms with E-state index in [0.717, 1.165) is 0 Å². The van der Waals surface area contributed by atoms with Crippen LogP contribution in [0.15, 0.2) is 23.4 Å². The van der Waals surface area contributed by atoms with Crippen molar-refractivity contribution in [3.63, 3.8) is 0 Å². The Morgan fingerprint density at radius 3 is 2.70 bits per heavy atom. The average Bonchev–Trinajstić information content (AvgIpc) is 1.88. The van der Waals surface area contributed by atoms with E-state index in [2.05, 4.69) is 4.98 Å². The zero-order valence-electron chi connectivity index (χ0n) is 5.98. The molecule has 0 radical (unpaired) electrons. The average molecular weight is 139 g/mol. The fourth-order valence-electron chi connectivity index (χ4n) is 0.642. The van der Waals surface area contributed by atoms with Gasteiger partial charge in [-0.05, 0) is 0 Å². The van der Waals surface area contributed by atoms with Crippen LogP contribution in [0.25, 0.3) is 0 Å². The molecule has 0 saturated carbocycles. The predicted octanol–water partition coefficient (Wildman–Crippen LogP) is -0.559. The third kappa shape index (κ3) is 1.15. The topological polar surface area (TPSA) is 38.1 Å². The van der Waals surface area contributed by atoms with E-state index in [9.17, 15) is 4.79 Å². The highest BCUT2D eigenvalue weighted by Crippen LogP contribution is 1.73. The third-order valence-corrected chi connectivity index (χ3v) is 1.14. The van der Waals surface area contributed by atoms with Crippen LogP contribution in [0.4, 0.5) is 0 Å². The van der Waals surface area contributed by atoms with Gasteiger partial charge in [0.15, 0.2) is 0 Å². The Labute approximate surface area is 58.7 Å². The summed E-state index contributed by atoms with van der Waals surface area (Å²) in [6.45, 7) is 0. The van der Waals surface area contributed by atoms with E-state index in [-0.39, 0.29) is 5.56 Å². The van der Waals surface area contributed by atoms with Crippen molar-refractivity contribution < 1.29 is 0 Å². The van der Waals surface area contributed by atoms with Gasteiger partial charge in [0.2, 0.25) is 0 Å². The van der Waals surface area contributed by atoms with Crippen molar-refractivity contribution >= 4 is 0 Å². The lowest BCUT2D eigenvalue weighted by atomic mass is 10.7. The maximum absolute atomic E-state index is 10.9. The van der Waals surface area contributed by atoms with Gasteiger partial charge in [-0.3, -0.25) is 4.79 Å². The zero-order valence-corrected chi connectivity index (χ0v) is 5.98. The Hall–Kier alpha value is -1.32. The molecule has 0 aliphatic carbocycles. The largest absolute Gasteiger partial charge is 0.315 e. The van der Waals surface area contributed by atoms with E-state index in [1.54, 1.807) is 19.1 Å². The van der Waals surface area contributed by atoms with Crippen molar-refractivity contribution in [2.75, 3.05) is 19.1 Å². The summed E-state index contributed by atoms with van der Waals surface area (Å²) in [5, 5.41) is 1.66. The fraction of sp³-hybridized carbons (Fsp3) is 0.333. The molecule has 0 bridgehead atoms. The first-order valence-corrected chi connectivity index (χ1v) is 2.92. The van der Waals surface area contributed by atoms with Crippen molar-refractivity contribution in [1.82, 2.24) is 9.66 Å². The SMILES string of the molecule is CN(C)n1cnccc1=O. The first-order chi connectivity index (χ1) is 4.72. The highest BCUT2D eigenvalue weighted by molar-refractivity contribution is 4.86. The lowest BCUT2D eigenvalue weighted by Gasteiger charge is -2.13. The molecule has 0 aromatic carbocycles. The highest BCUT2D eigenvalue weighted by atomic mass is 16.1. The molecule has 1 heterocycles. The number of nitrogens with zero attached hydrogens (tertiary/aromatic N) is 3. The zero-order chi connectivity index (χ0) is 7.56. The maximum Gasteiger partial charge on any atom is 0.271 e. The summed E-state index contributed by atoms with van der Waals surface area (Å²) in [7, 11) is 3.56. The number of hydrogen-bond acceptors (Lipinski definition) is 3. The molecule has 0 aliphatic heterocycles. The predicted molar refractivity (Wildman–Crippen MR) is 38.6 cm³/mol. The lowest BCUT2D eigenvalue weighted by molar-refractivity contribution is 0.682. The molecular weight excluding hydrogens is 130 g/mol. The molecule has 0 fully saturated rings. The van der Waals surface area contributed by atoms with Crippen LogP contribution in [0.3, 0.4) is 0 Å². The van der Waals surface area contributed by atoms with Gasteiger partial charge in [-0.25, -0.2) is 9.66 Å². The monoisotopic (exact) mass is 139 g/mol. The molecule has 4 nitrogen and oxygen atoms in total. The van der Waals surface area contributed by atoms with Crippen molar-refractivity contribution in [3.8, 4) is 0 Å². The van der Waals surface area contributed by atoms with Crippen LogP contribution < -0.4 is 10.6 Å². The van der Waals surface area contributed by atoms with Gasteiger partial charge in [0, 0.05) is 26.4 Å². The Balaban J connectivity index is 3.16. The number of aromatic nitrogens is 2. The first-order valence-electron chi connectivity index (χ1n) is 2.92. The normalized spacial score (nSPS) is 9.40. The maximum atomic E-state index is 10.9. The quantitative estimate of drug-likeness (QED) is 0.523. The van der Waals surface area contributed by atoms with Crippen molar-refractivity contribution in [2.45, 2.75) is 0 Å². The summed E-state index contributed by atoms with van der Waals surface area (Å²) in [4.78, 5) is 14.7. The summed E-state index contributed by atoms with van der Waals surface area (Å²) < 4.78 is 1.42. The standard InChI is InChI=1S/C6H9N3O/c1-8(2)9-5-7-4-3-6(9)10/h3-5H,1-2H3. The van der Waals surface area contributed by atoms with Gasteiger partial charge < -0.3 is 5.01 Å². The van der Waals surface area contributed by atoms with Crippen molar-refractivity contribution in [3.05, 3.63) is 28.9 Å². The van der Waals surface area contributed by atoms with Gasteiger partial charge in [0.1, 0.15) is 6.33 Å². The minimum atomic E-state index is -0.0694. The van der Waals surface area contributed by atoms with Crippen LogP contribution in [-0.2, 0) is 0 Å². The fourth-order valence-corrected chi connectivity index (χ4v) is 0.642. The molecule has 0 aliphatic rings. The molecule has 0 unspecified atom stereocenters. The van der Waals surface area contributed by atoms with Crippen LogP contribution in [0, 0.1) is 0 Å². The number of rotatable bonds is 1. The molecule has 0 saturated heterocycles. The molecule has 10 heavy (non-hydrogen) atoms. The molecule has 0 N–H and O–H groups in total. The van der Waals surface area contributed by atoms with Crippen molar-refractivity contribution in [1.29, 1.82) is 0 Å². The molecule has 0 amide bonds. The highest BCUT2D eigenvalue weighted by Gasteiger charge is 1.92. The summed E-state index contributed by atoms with van der Waals surface area (Å²) in [6, 6.07) is 1.42. The van der Waals surface area contributed by atoms with Crippen molar-refractivity contribution in [2.24, 2.45) is 0 Å². The van der Waals surface area contributed by atoms with E-state index in [1.807, 2.05) is 0 Å². The first kappa shape index (κ1) is 6.80. The minimum absolute atomic E-state index is 0.0694. The van der Waals surface area contributed by atoms with Crippen LogP contribution in [-0.4, -0.2) is 23.8 Å². The summed E-state index contributed by atoms with van der Waals surface area (Å²) in [6.07, 6.45) is 2.95. The molecule has 1 aromatic rings. The Morgan fingerprint density at radius 2 is 2.30 bits per heavy atom.